The molecule has 12 aromatic rings. The lowest BCUT2D eigenvalue weighted by Crippen LogP contribution is -1.93. The summed E-state index contributed by atoms with van der Waals surface area (Å²) in [5.74, 6) is 0. The third-order valence-corrected chi connectivity index (χ3v) is 11.8. The molecule has 266 valence electrons. The molecule has 0 N–H and O–H groups in total. The first-order valence-corrected chi connectivity index (χ1v) is 19.5. The molecule has 3 heteroatoms. The number of hydrogen-bond donors (Lipinski definition) is 0. The predicted molar refractivity (Wildman–Crippen MR) is 239 cm³/mol. The second-order valence-electron chi connectivity index (χ2n) is 14.9. The molecule has 0 bridgehead atoms. The van der Waals surface area contributed by atoms with E-state index in [0.29, 0.717) is 0 Å². The topological polar surface area (TPSA) is 23.0 Å². The third-order valence-electron chi connectivity index (χ3n) is 11.8. The normalized spacial score (nSPS) is 11.9. The number of furan rings is 1. The van der Waals surface area contributed by atoms with Crippen LogP contribution in [0.25, 0.3) is 110 Å². The zero-order chi connectivity index (χ0) is 37.5. The van der Waals surface area contributed by atoms with E-state index in [4.69, 9.17) is 4.42 Å². The van der Waals surface area contributed by atoms with E-state index in [9.17, 15) is 0 Å². The third kappa shape index (κ3) is 4.92. The maximum Gasteiger partial charge on any atom is 0.143 e. The van der Waals surface area contributed by atoms with Crippen molar-refractivity contribution in [1.29, 1.82) is 0 Å². The van der Waals surface area contributed by atoms with Crippen LogP contribution in [0.5, 0.6) is 0 Å². The first kappa shape index (κ1) is 31.7. The molecule has 9 aromatic carbocycles. The van der Waals surface area contributed by atoms with E-state index in [0.717, 1.165) is 38.8 Å². The average molecular weight is 727 g/mol. The summed E-state index contributed by atoms with van der Waals surface area (Å²) in [5.41, 5.74) is 16.0. The molecule has 3 heterocycles. The van der Waals surface area contributed by atoms with Crippen LogP contribution in [-0.2, 0) is 0 Å². The summed E-state index contributed by atoms with van der Waals surface area (Å²) in [7, 11) is 0. The second-order valence-corrected chi connectivity index (χ2v) is 14.9. The van der Waals surface area contributed by atoms with Gasteiger partial charge in [0.15, 0.2) is 0 Å². The van der Waals surface area contributed by atoms with Crippen molar-refractivity contribution in [3.8, 4) is 44.8 Å². The molecule has 0 spiro atoms. The van der Waals surface area contributed by atoms with Crippen LogP contribution in [0.15, 0.2) is 211 Å². The van der Waals surface area contributed by atoms with Crippen molar-refractivity contribution in [2.24, 2.45) is 0 Å². The van der Waals surface area contributed by atoms with Crippen LogP contribution in [-0.4, -0.2) is 9.13 Å². The number of fused-ring (bicyclic) bond motifs is 9. The summed E-state index contributed by atoms with van der Waals surface area (Å²) < 4.78 is 11.1. The summed E-state index contributed by atoms with van der Waals surface area (Å²) in [6.45, 7) is 0. The Morgan fingerprint density at radius 3 is 1.35 bits per heavy atom. The Morgan fingerprint density at radius 1 is 0.281 bits per heavy atom. The first-order chi connectivity index (χ1) is 28.3. The van der Waals surface area contributed by atoms with Gasteiger partial charge in [0.05, 0.1) is 22.1 Å². The SMILES string of the molecule is c1ccc(-n2c3ccccc3c3cc(-c4ccc(-c5ccc6c(c5)c5ccccc5n6-c5ccc(-c6cccc7c6oc6ccccc67)cc5)cc4)ccc32)cc1. The minimum atomic E-state index is 0.915. The van der Waals surface area contributed by atoms with Gasteiger partial charge in [-0.2, -0.15) is 0 Å². The van der Waals surface area contributed by atoms with Crippen molar-refractivity contribution in [2.45, 2.75) is 0 Å². The minimum Gasteiger partial charge on any atom is -0.455 e. The van der Waals surface area contributed by atoms with Gasteiger partial charge < -0.3 is 13.6 Å². The van der Waals surface area contributed by atoms with E-state index in [1.54, 1.807) is 0 Å². The quantitative estimate of drug-likeness (QED) is 0.173. The van der Waals surface area contributed by atoms with Crippen LogP contribution in [0.4, 0.5) is 0 Å². The van der Waals surface area contributed by atoms with Crippen LogP contribution < -0.4 is 0 Å². The lowest BCUT2D eigenvalue weighted by atomic mass is 9.98. The molecule has 0 fully saturated rings. The molecule has 0 radical (unpaired) electrons. The number of para-hydroxylation sites is 5. The van der Waals surface area contributed by atoms with Crippen LogP contribution in [0.1, 0.15) is 0 Å². The lowest BCUT2D eigenvalue weighted by Gasteiger charge is -2.10. The maximum atomic E-state index is 6.37. The molecule has 0 amide bonds. The van der Waals surface area contributed by atoms with Gasteiger partial charge in [-0.25, -0.2) is 0 Å². The Bertz CT molecular complexity index is 3490. The largest absolute Gasteiger partial charge is 0.455 e. The van der Waals surface area contributed by atoms with E-state index in [1.807, 2.05) is 12.1 Å². The molecule has 0 saturated carbocycles. The van der Waals surface area contributed by atoms with Gasteiger partial charge >= 0.3 is 0 Å². The van der Waals surface area contributed by atoms with Crippen molar-refractivity contribution >= 4 is 65.6 Å². The molecule has 0 saturated heterocycles. The standard InChI is InChI=1S/C54H34N2O/c1-2-11-40(12-3-1)55-49-18-7-4-13-43(49)47-33-38(27-31-51(47)55)35-21-23-36(24-22-35)39-28-32-52-48(34-39)44-14-5-8-19-50(44)56(52)41-29-25-37(26-30-41)42-16-10-17-46-45-15-6-9-20-53(45)57-54(42)46/h1-34H. The zero-order valence-corrected chi connectivity index (χ0v) is 30.9. The number of rotatable bonds is 5. The first-order valence-electron chi connectivity index (χ1n) is 19.5. The number of benzene rings is 9. The van der Waals surface area contributed by atoms with Gasteiger partial charge in [0.2, 0.25) is 0 Å². The van der Waals surface area contributed by atoms with E-state index in [-0.39, 0.29) is 0 Å². The molecule has 3 nitrogen and oxygen atoms in total. The predicted octanol–water partition coefficient (Wildman–Crippen LogP) is 14.8. The lowest BCUT2D eigenvalue weighted by molar-refractivity contribution is 0.670. The minimum absolute atomic E-state index is 0.915. The molecule has 0 atom stereocenters. The highest BCUT2D eigenvalue weighted by Crippen LogP contribution is 2.39. The molecular formula is C54H34N2O. The smallest absolute Gasteiger partial charge is 0.143 e. The number of hydrogen-bond acceptors (Lipinski definition) is 1. The second kappa shape index (κ2) is 12.5. The van der Waals surface area contributed by atoms with Crippen LogP contribution in [0.3, 0.4) is 0 Å². The Kier molecular flexibility index (Phi) is 6.93. The van der Waals surface area contributed by atoms with E-state index < -0.39 is 0 Å². The van der Waals surface area contributed by atoms with Gasteiger partial charge in [-0.05, 0) is 94.5 Å². The number of aromatic nitrogens is 2. The monoisotopic (exact) mass is 726 g/mol. The van der Waals surface area contributed by atoms with Crippen molar-refractivity contribution in [3.05, 3.63) is 206 Å². The van der Waals surface area contributed by atoms with Gasteiger partial charge in [0.25, 0.3) is 0 Å². The Hall–Kier alpha value is -7.62. The van der Waals surface area contributed by atoms with Crippen molar-refractivity contribution in [2.75, 3.05) is 0 Å². The van der Waals surface area contributed by atoms with Crippen LogP contribution >= 0.6 is 0 Å². The van der Waals surface area contributed by atoms with E-state index >= 15 is 0 Å². The summed E-state index contributed by atoms with van der Waals surface area (Å²) in [4.78, 5) is 0. The highest BCUT2D eigenvalue weighted by molar-refractivity contribution is 6.12. The van der Waals surface area contributed by atoms with E-state index in [2.05, 4.69) is 203 Å². The molecule has 3 aromatic heterocycles. The molecular weight excluding hydrogens is 693 g/mol. The molecule has 0 aliphatic heterocycles. The Morgan fingerprint density at radius 2 is 0.737 bits per heavy atom. The van der Waals surface area contributed by atoms with Gasteiger partial charge in [0, 0.05) is 49.3 Å². The van der Waals surface area contributed by atoms with Crippen molar-refractivity contribution in [1.82, 2.24) is 9.13 Å². The van der Waals surface area contributed by atoms with Gasteiger partial charge in [-0.1, -0.05) is 140 Å². The average Bonchev–Trinajstić information content (AvgIpc) is 3.94. The highest BCUT2D eigenvalue weighted by Gasteiger charge is 2.17. The fourth-order valence-corrected chi connectivity index (χ4v) is 9.06. The summed E-state index contributed by atoms with van der Waals surface area (Å²) in [6, 6.07) is 74.4. The van der Waals surface area contributed by atoms with Gasteiger partial charge in [-0.3, -0.25) is 0 Å². The van der Waals surface area contributed by atoms with Crippen molar-refractivity contribution in [3.63, 3.8) is 0 Å². The number of nitrogens with zero attached hydrogens (tertiary/aromatic N) is 2. The Labute approximate surface area is 328 Å². The molecule has 0 aliphatic rings. The summed E-state index contributed by atoms with van der Waals surface area (Å²) in [6.07, 6.45) is 0. The fourth-order valence-electron chi connectivity index (χ4n) is 9.06. The van der Waals surface area contributed by atoms with Crippen LogP contribution in [0, 0.1) is 0 Å². The Balaban J connectivity index is 0.900. The summed E-state index contributed by atoms with van der Waals surface area (Å²) in [5, 5.41) is 7.29. The highest BCUT2D eigenvalue weighted by atomic mass is 16.3. The summed E-state index contributed by atoms with van der Waals surface area (Å²) >= 11 is 0. The molecule has 0 unspecified atom stereocenters. The van der Waals surface area contributed by atoms with Crippen molar-refractivity contribution < 1.29 is 4.42 Å². The van der Waals surface area contributed by atoms with E-state index in [1.165, 1.54) is 71.6 Å². The van der Waals surface area contributed by atoms with Gasteiger partial charge in [-0.15, -0.1) is 0 Å². The fraction of sp³-hybridized carbons (Fsp3) is 0. The zero-order valence-electron chi connectivity index (χ0n) is 30.9. The molecule has 0 aliphatic carbocycles. The van der Waals surface area contributed by atoms with Gasteiger partial charge in [0.1, 0.15) is 11.2 Å². The molecule has 57 heavy (non-hydrogen) atoms. The van der Waals surface area contributed by atoms with Crippen LogP contribution in [0.2, 0.25) is 0 Å². The maximum absolute atomic E-state index is 6.37. The molecule has 12 rings (SSSR count).